The zero-order chi connectivity index (χ0) is 13.2. The van der Waals surface area contributed by atoms with E-state index in [1.165, 1.54) is 18.5 Å². The van der Waals surface area contributed by atoms with E-state index < -0.39 is 0 Å². The minimum atomic E-state index is 0.242. The number of aliphatic hydroxyl groups excluding tert-OH is 1. The summed E-state index contributed by atoms with van der Waals surface area (Å²) in [6.07, 6.45) is 5.51. The van der Waals surface area contributed by atoms with Crippen molar-refractivity contribution in [1.29, 1.82) is 0 Å². The van der Waals surface area contributed by atoms with E-state index in [1.54, 1.807) is 23.1 Å². The summed E-state index contributed by atoms with van der Waals surface area (Å²) in [7, 11) is 0. The molecule has 2 heterocycles. The molecule has 1 atom stereocenters. The Kier molecular flexibility index (Phi) is 4.12. The SMILES string of the molecule is CC(CCO)Sc1nc2sccn2c1CNC1CC1. The molecule has 6 heteroatoms. The van der Waals surface area contributed by atoms with E-state index in [0.29, 0.717) is 11.3 Å². The lowest BCUT2D eigenvalue weighted by Gasteiger charge is -2.09. The summed E-state index contributed by atoms with van der Waals surface area (Å²) in [6, 6.07) is 0.705. The van der Waals surface area contributed by atoms with E-state index in [9.17, 15) is 0 Å². The van der Waals surface area contributed by atoms with Gasteiger partial charge in [-0.05, 0) is 19.3 Å². The number of aromatic nitrogens is 2. The normalized spacial score (nSPS) is 17.2. The van der Waals surface area contributed by atoms with Gasteiger partial charge in [-0.15, -0.1) is 23.1 Å². The predicted octanol–water partition coefficient (Wildman–Crippen LogP) is 2.51. The highest BCUT2D eigenvalue weighted by Crippen LogP contribution is 2.30. The van der Waals surface area contributed by atoms with E-state index in [-0.39, 0.29) is 6.61 Å². The van der Waals surface area contributed by atoms with Crippen molar-refractivity contribution in [3.63, 3.8) is 0 Å². The maximum atomic E-state index is 9.02. The number of nitrogens with one attached hydrogen (secondary N) is 1. The highest BCUT2D eigenvalue weighted by atomic mass is 32.2. The van der Waals surface area contributed by atoms with Gasteiger partial charge in [0.1, 0.15) is 5.03 Å². The van der Waals surface area contributed by atoms with Gasteiger partial charge < -0.3 is 10.4 Å². The Labute approximate surface area is 121 Å². The molecular formula is C13H19N3OS2. The van der Waals surface area contributed by atoms with Crippen LogP contribution in [0, 0.1) is 0 Å². The zero-order valence-electron chi connectivity index (χ0n) is 11.0. The van der Waals surface area contributed by atoms with Crippen molar-refractivity contribution < 1.29 is 5.11 Å². The molecule has 1 saturated carbocycles. The summed E-state index contributed by atoms with van der Waals surface area (Å²) in [5.74, 6) is 0. The van der Waals surface area contributed by atoms with Crippen molar-refractivity contribution in [2.75, 3.05) is 6.61 Å². The van der Waals surface area contributed by atoms with Gasteiger partial charge >= 0.3 is 0 Å². The van der Waals surface area contributed by atoms with Gasteiger partial charge in [0.05, 0.1) is 5.69 Å². The van der Waals surface area contributed by atoms with Gasteiger partial charge in [-0.1, -0.05) is 6.92 Å². The van der Waals surface area contributed by atoms with E-state index >= 15 is 0 Å². The van der Waals surface area contributed by atoms with Crippen molar-refractivity contribution in [2.24, 2.45) is 0 Å². The predicted molar refractivity (Wildman–Crippen MR) is 80.0 cm³/mol. The zero-order valence-corrected chi connectivity index (χ0v) is 12.6. The molecule has 0 aliphatic heterocycles. The second-order valence-electron chi connectivity index (χ2n) is 5.02. The Morgan fingerprint density at radius 2 is 2.47 bits per heavy atom. The monoisotopic (exact) mass is 297 g/mol. The van der Waals surface area contributed by atoms with Gasteiger partial charge in [0.15, 0.2) is 4.96 Å². The van der Waals surface area contributed by atoms with Crippen molar-refractivity contribution in [2.45, 2.75) is 49.0 Å². The maximum absolute atomic E-state index is 9.02. The third-order valence-corrected chi connectivity index (χ3v) is 5.25. The van der Waals surface area contributed by atoms with Crippen LogP contribution in [0.1, 0.15) is 31.9 Å². The fourth-order valence-electron chi connectivity index (χ4n) is 2.03. The number of fused-ring (bicyclic) bond motifs is 1. The van der Waals surface area contributed by atoms with E-state index in [0.717, 1.165) is 23.0 Å². The maximum Gasteiger partial charge on any atom is 0.194 e. The van der Waals surface area contributed by atoms with Crippen molar-refractivity contribution in [3.8, 4) is 0 Å². The summed E-state index contributed by atoms with van der Waals surface area (Å²) >= 11 is 3.45. The molecule has 1 aliphatic carbocycles. The topological polar surface area (TPSA) is 49.6 Å². The summed E-state index contributed by atoms with van der Waals surface area (Å²) < 4.78 is 2.19. The average Bonchev–Trinajstić information content (AvgIpc) is 2.99. The Bertz CT molecular complexity index is 547. The molecule has 1 unspecified atom stereocenters. The van der Waals surface area contributed by atoms with Gasteiger partial charge in [-0.25, -0.2) is 4.98 Å². The first kappa shape index (κ1) is 13.4. The number of rotatable bonds is 7. The van der Waals surface area contributed by atoms with Crippen molar-refractivity contribution >= 4 is 28.1 Å². The molecule has 2 aromatic rings. The van der Waals surface area contributed by atoms with Crippen LogP contribution in [0.5, 0.6) is 0 Å². The number of thioether (sulfide) groups is 1. The smallest absolute Gasteiger partial charge is 0.194 e. The van der Waals surface area contributed by atoms with Crippen LogP contribution in [-0.2, 0) is 6.54 Å². The van der Waals surface area contributed by atoms with Crippen molar-refractivity contribution in [1.82, 2.24) is 14.7 Å². The van der Waals surface area contributed by atoms with Crippen LogP contribution in [0.4, 0.5) is 0 Å². The lowest BCUT2D eigenvalue weighted by atomic mass is 10.3. The quantitative estimate of drug-likeness (QED) is 0.771. The van der Waals surface area contributed by atoms with Crippen molar-refractivity contribution in [3.05, 3.63) is 17.3 Å². The molecule has 4 nitrogen and oxygen atoms in total. The molecule has 0 aromatic carbocycles. The summed E-state index contributed by atoms with van der Waals surface area (Å²) in [5.41, 5.74) is 1.26. The molecular weight excluding hydrogens is 278 g/mol. The highest BCUT2D eigenvalue weighted by molar-refractivity contribution is 7.99. The van der Waals surface area contributed by atoms with Gasteiger partial charge in [-0.3, -0.25) is 4.40 Å². The first-order valence-electron chi connectivity index (χ1n) is 6.73. The van der Waals surface area contributed by atoms with Crippen LogP contribution < -0.4 is 5.32 Å². The van der Waals surface area contributed by atoms with E-state index in [2.05, 4.69) is 28.2 Å². The molecule has 3 rings (SSSR count). The lowest BCUT2D eigenvalue weighted by molar-refractivity contribution is 0.289. The fourth-order valence-corrected chi connectivity index (χ4v) is 3.87. The van der Waals surface area contributed by atoms with Gasteiger partial charge in [-0.2, -0.15) is 0 Å². The first-order chi connectivity index (χ1) is 9.28. The molecule has 1 fully saturated rings. The summed E-state index contributed by atoms with van der Waals surface area (Å²) in [4.78, 5) is 5.78. The molecule has 19 heavy (non-hydrogen) atoms. The molecule has 2 aromatic heterocycles. The Morgan fingerprint density at radius 3 is 3.21 bits per heavy atom. The van der Waals surface area contributed by atoms with E-state index in [1.807, 2.05) is 0 Å². The standard InChI is InChI=1S/C13H19N3OS2/c1-9(4-6-17)19-12-11(8-14-10-2-3-10)16-5-7-18-13(16)15-12/h5,7,9-10,14,17H,2-4,6,8H2,1H3. The Morgan fingerprint density at radius 1 is 1.63 bits per heavy atom. The van der Waals surface area contributed by atoms with Gasteiger partial charge in [0.2, 0.25) is 0 Å². The summed E-state index contributed by atoms with van der Waals surface area (Å²) in [5, 5.41) is 16.2. The third kappa shape index (κ3) is 3.13. The molecule has 0 radical (unpaired) electrons. The number of aliphatic hydroxyl groups is 1. The third-order valence-electron chi connectivity index (χ3n) is 3.31. The first-order valence-corrected chi connectivity index (χ1v) is 8.49. The van der Waals surface area contributed by atoms with Crippen LogP contribution in [-0.4, -0.2) is 32.4 Å². The number of hydrogen-bond acceptors (Lipinski definition) is 5. The van der Waals surface area contributed by atoms with E-state index in [4.69, 9.17) is 10.1 Å². The minimum absolute atomic E-state index is 0.242. The number of imidazole rings is 1. The molecule has 104 valence electrons. The second kappa shape index (κ2) is 5.83. The number of thiazole rings is 1. The van der Waals surface area contributed by atoms with Crippen LogP contribution >= 0.6 is 23.1 Å². The Hall–Kier alpha value is -0.560. The fraction of sp³-hybridized carbons (Fsp3) is 0.615. The highest BCUT2D eigenvalue weighted by Gasteiger charge is 2.22. The molecule has 0 spiro atoms. The largest absolute Gasteiger partial charge is 0.396 e. The molecule has 1 aliphatic rings. The number of hydrogen-bond donors (Lipinski definition) is 2. The minimum Gasteiger partial charge on any atom is -0.396 e. The number of nitrogens with zero attached hydrogens (tertiary/aromatic N) is 2. The summed E-state index contributed by atoms with van der Waals surface area (Å²) in [6.45, 7) is 3.27. The Balaban J connectivity index is 1.79. The second-order valence-corrected chi connectivity index (χ2v) is 7.32. The van der Waals surface area contributed by atoms with Gasteiger partial charge in [0, 0.05) is 36.0 Å². The average molecular weight is 297 g/mol. The molecule has 0 amide bonds. The molecule has 2 N–H and O–H groups in total. The van der Waals surface area contributed by atoms with Crippen LogP contribution in [0.25, 0.3) is 4.96 Å². The van der Waals surface area contributed by atoms with Crippen LogP contribution in [0.2, 0.25) is 0 Å². The van der Waals surface area contributed by atoms with Crippen LogP contribution in [0.15, 0.2) is 16.6 Å². The van der Waals surface area contributed by atoms with Crippen LogP contribution in [0.3, 0.4) is 0 Å². The molecule has 0 bridgehead atoms. The lowest BCUT2D eigenvalue weighted by Crippen LogP contribution is -2.17. The van der Waals surface area contributed by atoms with Gasteiger partial charge in [0.25, 0.3) is 0 Å². The molecule has 0 saturated heterocycles.